The predicted molar refractivity (Wildman–Crippen MR) is 87.6 cm³/mol. The van der Waals surface area contributed by atoms with Crippen molar-refractivity contribution < 1.29 is 4.39 Å². The fraction of sp³-hybridized carbons (Fsp3) is 0.143. The lowest BCUT2D eigenvalue weighted by molar-refractivity contribution is 0.619. The number of rotatable bonds is 3. The van der Waals surface area contributed by atoms with Crippen LogP contribution in [0.15, 0.2) is 34.8 Å². The minimum Gasteiger partial charge on any atom is -0.377 e. The summed E-state index contributed by atoms with van der Waals surface area (Å²) >= 11 is 21.1. The van der Waals surface area contributed by atoms with E-state index in [4.69, 9.17) is 34.8 Å². The Hall–Kier alpha value is -0.480. The van der Waals surface area contributed by atoms with Crippen LogP contribution in [0.3, 0.4) is 0 Å². The number of hydrogen-bond acceptors (Lipinski definition) is 1. The number of anilines is 1. The normalized spacial score (nSPS) is 12.3. The predicted octanol–water partition coefficient (Wildman–Crippen LogP) is 6.72. The SMILES string of the molecule is CC(Nc1cc(Cl)c(Cl)cc1Cl)c1ccc(F)c(Br)c1. The zero-order valence-electron chi connectivity index (χ0n) is 10.4. The van der Waals surface area contributed by atoms with Crippen molar-refractivity contribution in [1.29, 1.82) is 0 Å². The van der Waals surface area contributed by atoms with Crippen LogP contribution in [0.5, 0.6) is 0 Å². The third kappa shape index (κ3) is 3.59. The van der Waals surface area contributed by atoms with Gasteiger partial charge in [-0.2, -0.15) is 0 Å². The summed E-state index contributed by atoms with van der Waals surface area (Å²) in [7, 11) is 0. The van der Waals surface area contributed by atoms with Gasteiger partial charge < -0.3 is 5.32 Å². The number of nitrogens with one attached hydrogen (secondary N) is 1. The van der Waals surface area contributed by atoms with Crippen LogP contribution in [0.25, 0.3) is 0 Å². The van der Waals surface area contributed by atoms with Gasteiger partial charge in [-0.05, 0) is 52.7 Å². The Morgan fingerprint density at radius 2 is 1.70 bits per heavy atom. The average Bonchev–Trinajstić information content (AvgIpc) is 2.39. The van der Waals surface area contributed by atoms with Gasteiger partial charge in [0.2, 0.25) is 0 Å². The average molecular weight is 398 g/mol. The summed E-state index contributed by atoms with van der Waals surface area (Å²) in [6.07, 6.45) is 0. The fourth-order valence-corrected chi connectivity index (χ4v) is 2.73. The maximum Gasteiger partial charge on any atom is 0.137 e. The van der Waals surface area contributed by atoms with Crippen LogP contribution >= 0.6 is 50.7 Å². The zero-order chi connectivity index (χ0) is 14.9. The van der Waals surface area contributed by atoms with Gasteiger partial charge in [-0.3, -0.25) is 0 Å². The molecule has 0 spiro atoms. The third-order valence-electron chi connectivity index (χ3n) is 2.83. The number of benzene rings is 2. The Balaban J connectivity index is 2.25. The zero-order valence-corrected chi connectivity index (χ0v) is 14.2. The van der Waals surface area contributed by atoms with Gasteiger partial charge in [0.05, 0.1) is 25.2 Å². The van der Waals surface area contributed by atoms with Crippen molar-refractivity contribution in [2.75, 3.05) is 5.32 Å². The van der Waals surface area contributed by atoms with Gasteiger partial charge in [0, 0.05) is 6.04 Å². The fourth-order valence-electron chi connectivity index (χ4n) is 1.73. The molecule has 0 heterocycles. The highest BCUT2D eigenvalue weighted by atomic mass is 79.9. The van der Waals surface area contributed by atoms with Crippen LogP contribution < -0.4 is 5.32 Å². The third-order valence-corrected chi connectivity index (χ3v) is 4.47. The monoisotopic (exact) mass is 395 g/mol. The number of hydrogen-bond donors (Lipinski definition) is 1. The summed E-state index contributed by atoms with van der Waals surface area (Å²) in [5.74, 6) is -0.298. The van der Waals surface area contributed by atoms with Crippen LogP contribution in [-0.2, 0) is 0 Å². The van der Waals surface area contributed by atoms with Crippen LogP contribution in [0.4, 0.5) is 10.1 Å². The molecule has 1 atom stereocenters. The second-order valence-corrected chi connectivity index (χ2v) is 6.36. The number of halogens is 5. The molecule has 2 aromatic carbocycles. The van der Waals surface area contributed by atoms with Crippen LogP contribution in [0.2, 0.25) is 15.1 Å². The van der Waals surface area contributed by atoms with E-state index in [0.29, 0.717) is 25.2 Å². The molecule has 0 radical (unpaired) electrons. The Labute approximate surface area is 140 Å². The minimum absolute atomic E-state index is 0.0679. The second kappa shape index (κ2) is 6.52. The summed E-state index contributed by atoms with van der Waals surface area (Å²) < 4.78 is 13.7. The summed E-state index contributed by atoms with van der Waals surface area (Å²) in [6, 6.07) is 8.03. The van der Waals surface area contributed by atoms with E-state index in [1.54, 1.807) is 24.3 Å². The largest absolute Gasteiger partial charge is 0.377 e. The maximum absolute atomic E-state index is 13.2. The van der Waals surface area contributed by atoms with E-state index in [9.17, 15) is 4.39 Å². The minimum atomic E-state index is -0.298. The quantitative estimate of drug-likeness (QED) is 0.567. The Morgan fingerprint density at radius 3 is 2.35 bits per heavy atom. The van der Waals surface area contributed by atoms with Gasteiger partial charge in [0.15, 0.2) is 0 Å². The van der Waals surface area contributed by atoms with Crippen LogP contribution in [-0.4, -0.2) is 0 Å². The first-order chi connectivity index (χ1) is 9.38. The van der Waals surface area contributed by atoms with Crippen molar-refractivity contribution in [2.24, 2.45) is 0 Å². The van der Waals surface area contributed by atoms with Crippen molar-refractivity contribution in [1.82, 2.24) is 0 Å². The lowest BCUT2D eigenvalue weighted by Crippen LogP contribution is -2.07. The Bertz CT molecular complexity index is 649. The lowest BCUT2D eigenvalue weighted by Gasteiger charge is -2.18. The molecule has 106 valence electrons. The highest BCUT2D eigenvalue weighted by Crippen LogP contribution is 2.34. The molecule has 0 aliphatic rings. The molecular formula is C14H10BrCl3FN. The van der Waals surface area contributed by atoms with Crippen molar-refractivity contribution in [3.63, 3.8) is 0 Å². The van der Waals surface area contributed by atoms with E-state index in [1.807, 2.05) is 6.92 Å². The molecule has 0 fully saturated rings. The van der Waals surface area contributed by atoms with Gasteiger partial charge in [-0.25, -0.2) is 4.39 Å². The van der Waals surface area contributed by atoms with Gasteiger partial charge in [-0.1, -0.05) is 40.9 Å². The summed E-state index contributed by atoms with van der Waals surface area (Å²) in [4.78, 5) is 0. The molecular weight excluding hydrogens is 387 g/mol. The maximum atomic E-state index is 13.2. The van der Waals surface area contributed by atoms with E-state index >= 15 is 0 Å². The van der Waals surface area contributed by atoms with Crippen molar-refractivity contribution in [2.45, 2.75) is 13.0 Å². The van der Waals surface area contributed by atoms with Crippen molar-refractivity contribution >= 4 is 56.4 Å². The topological polar surface area (TPSA) is 12.0 Å². The second-order valence-electron chi connectivity index (χ2n) is 4.29. The van der Waals surface area contributed by atoms with Gasteiger partial charge in [0.25, 0.3) is 0 Å². The lowest BCUT2D eigenvalue weighted by atomic mass is 10.1. The molecule has 2 rings (SSSR count). The summed E-state index contributed by atoms with van der Waals surface area (Å²) in [6.45, 7) is 1.94. The molecule has 0 aliphatic heterocycles. The molecule has 0 aliphatic carbocycles. The van der Waals surface area contributed by atoms with Crippen molar-refractivity contribution in [3.8, 4) is 0 Å². The molecule has 0 saturated carbocycles. The van der Waals surface area contributed by atoms with Crippen LogP contribution in [0, 0.1) is 5.82 Å². The van der Waals surface area contributed by atoms with Gasteiger partial charge in [0.1, 0.15) is 5.82 Å². The van der Waals surface area contributed by atoms with Crippen molar-refractivity contribution in [3.05, 3.63) is 61.3 Å². The molecule has 20 heavy (non-hydrogen) atoms. The molecule has 2 aromatic rings. The van der Waals surface area contributed by atoms with Gasteiger partial charge in [-0.15, -0.1) is 0 Å². The molecule has 1 N–H and O–H groups in total. The smallest absolute Gasteiger partial charge is 0.137 e. The molecule has 0 saturated heterocycles. The Kier molecular flexibility index (Phi) is 5.19. The molecule has 1 unspecified atom stereocenters. The van der Waals surface area contributed by atoms with Gasteiger partial charge >= 0.3 is 0 Å². The Morgan fingerprint density at radius 1 is 1.05 bits per heavy atom. The van der Waals surface area contributed by atoms with E-state index in [0.717, 1.165) is 5.56 Å². The van der Waals surface area contributed by atoms with E-state index in [-0.39, 0.29) is 11.9 Å². The highest BCUT2D eigenvalue weighted by molar-refractivity contribution is 9.10. The molecule has 0 bridgehead atoms. The molecule has 1 nitrogen and oxygen atoms in total. The summed E-state index contributed by atoms with van der Waals surface area (Å²) in [5.41, 5.74) is 1.59. The van der Waals surface area contributed by atoms with E-state index < -0.39 is 0 Å². The first kappa shape index (κ1) is 15.9. The van der Waals surface area contributed by atoms with Crippen LogP contribution in [0.1, 0.15) is 18.5 Å². The van der Waals surface area contributed by atoms with E-state index in [2.05, 4.69) is 21.2 Å². The molecule has 0 aromatic heterocycles. The first-order valence-electron chi connectivity index (χ1n) is 5.74. The summed E-state index contributed by atoms with van der Waals surface area (Å²) in [5, 5.41) is 4.53. The highest BCUT2D eigenvalue weighted by Gasteiger charge is 2.11. The first-order valence-corrected chi connectivity index (χ1v) is 7.67. The molecule has 6 heteroatoms. The standard InChI is InChI=1S/C14H10BrCl3FN/c1-7(8-2-3-13(19)9(15)4-8)20-14-6-11(17)10(16)5-12(14)18/h2-7,20H,1H3. The van der Waals surface area contributed by atoms with E-state index in [1.165, 1.54) is 6.07 Å². The molecule has 0 amide bonds.